The summed E-state index contributed by atoms with van der Waals surface area (Å²) in [6, 6.07) is 2.49. The third-order valence-corrected chi connectivity index (χ3v) is 4.15. The van der Waals surface area contributed by atoms with Crippen LogP contribution in [0.5, 0.6) is 11.5 Å². The Bertz CT molecular complexity index is 703. The molecule has 1 amide bonds. The number of rotatable bonds is 3. The number of nitrogens with zero attached hydrogens (tertiary/aromatic N) is 2. The summed E-state index contributed by atoms with van der Waals surface area (Å²) in [7, 11) is 0. The molecule has 2 aliphatic heterocycles. The van der Waals surface area contributed by atoms with Gasteiger partial charge in [-0.2, -0.15) is 0 Å². The highest BCUT2D eigenvalue weighted by Gasteiger charge is 2.33. The van der Waals surface area contributed by atoms with Crippen LogP contribution in [0, 0.1) is 16.0 Å². The fourth-order valence-corrected chi connectivity index (χ4v) is 2.93. The molecule has 1 unspecified atom stereocenters. The lowest BCUT2D eigenvalue weighted by Gasteiger charge is -2.31. The van der Waals surface area contributed by atoms with E-state index in [2.05, 4.69) is 0 Å². The molecule has 0 aliphatic carbocycles. The van der Waals surface area contributed by atoms with Gasteiger partial charge < -0.3 is 19.5 Å². The molecule has 128 valence electrons. The number of piperidine rings is 1. The molecular formula is C15H16N2O7. The van der Waals surface area contributed by atoms with Crippen molar-refractivity contribution in [2.75, 3.05) is 26.3 Å². The number of fused-ring (bicyclic) bond motifs is 1. The molecule has 9 nitrogen and oxygen atoms in total. The molecule has 1 saturated heterocycles. The fraction of sp³-hybridized carbons (Fsp3) is 0.467. The Morgan fingerprint density at radius 3 is 2.54 bits per heavy atom. The van der Waals surface area contributed by atoms with Crippen LogP contribution in [0.2, 0.25) is 0 Å². The van der Waals surface area contributed by atoms with Crippen molar-refractivity contribution >= 4 is 17.6 Å². The lowest BCUT2D eigenvalue weighted by atomic mass is 9.97. The van der Waals surface area contributed by atoms with E-state index in [1.54, 1.807) is 0 Å². The minimum absolute atomic E-state index is 0.0414. The lowest BCUT2D eigenvalue weighted by molar-refractivity contribution is -0.385. The van der Waals surface area contributed by atoms with Crippen LogP contribution in [-0.4, -0.2) is 53.1 Å². The van der Waals surface area contributed by atoms with Crippen molar-refractivity contribution in [2.24, 2.45) is 5.92 Å². The standard InChI is InChI=1S/C15H16N2O7/c18-14(16-3-1-2-9(8-16)15(19)20)10-6-12-13(24-5-4-23-12)7-11(10)17(21)22/h6-7,9H,1-5,8H2,(H,19,20). The number of nitro groups is 1. The van der Waals surface area contributed by atoms with Gasteiger partial charge in [-0.15, -0.1) is 0 Å². The van der Waals surface area contributed by atoms with Crippen molar-refractivity contribution in [3.63, 3.8) is 0 Å². The number of likely N-dealkylation sites (tertiary alicyclic amines) is 1. The van der Waals surface area contributed by atoms with Crippen LogP contribution in [0.3, 0.4) is 0 Å². The Morgan fingerprint density at radius 2 is 1.92 bits per heavy atom. The highest BCUT2D eigenvalue weighted by Crippen LogP contribution is 2.37. The van der Waals surface area contributed by atoms with Crippen molar-refractivity contribution in [3.05, 3.63) is 27.8 Å². The molecule has 3 rings (SSSR count). The first-order chi connectivity index (χ1) is 11.5. The van der Waals surface area contributed by atoms with Crippen LogP contribution in [0.25, 0.3) is 0 Å². The van der Waals surface area contributed by atoms with E-state index in [1.165, 1.54) is 17.0 Å². The number of benzene rings is 1. The second-order valence-electron chi connectivity index (χ2n) is 5.70. The number of hydrogen-bond acceptors (Lipinski definition) is 6. The average molecular weight is 336 g/mol. The molecule has 1 N–H and O–H groups in total. The SMILES string of the molecule is O=C(O)C1CCCN(C(=O)c2cc3c(cc2[N+](=O)[O-])OCCO3)C1. The summed E-state index contributed by atoms with van der Waals surface area (Å²) in [6.45, 7) is 0.987. The topological polar surface area (TPSA) is 119 Å². The summed E-state index contributed by atoms with van der Waals surface area (Å²) in [4.78, 5) is 35.9. The van der Waals surface area contributed by atoms with Gasteiger partial charge in [0, 0.05) is 19.2 Å². The van der Waals surface area contributed by atoms with Crippen LogP contribution < -0.4 is 9.47 Å². The molecule has 0 spiro atoms. The first-order valence-electron chi connectivity index (χ1n) is 7.57. The number of ether oxygens (including phenoxy) is 2. The van der Waals surface area contributed by atoms with Crippen LogP contribution in [0.1, 0.15) is 23.2 Å². The van der Waals surface area contributed by atoms with Crippen LogP contribution in [-0.2, 0) is 4.79 Å². The third-order valence-electron chi connectivity index (χ3n) is 4.15. The normalized spacial score (nSPS) is 19.7. The Kier molecular flexibility index (Phi) is 4.24. The number of carbonyl (C=O) groups excluding carboxylic acids is 1. The van der Waals surface area contributed by atoms with E-state index in [0.717, 1.165) is 0 Å². The number of carbonyl (C=O) groups is 2. The maximum atomic E-state index is 12.7. The maximum Gasteiger partial charge on any atom is 0.308 e. The molecule has 1 aromatic rings. The second-order valence-corrected chi connectivity index (χ2v) is 5.70. The van der Waals surface area contributed by atoms with Crippen molar-refractivity contribution in [1.29, 1.82) is 0 Å². The van der Waals surface area contributed by atoms with Gasteiger partial charge in [-0.25, -0.2) is 0 Å². The van der Waals surface area contributed by atoms with E-state index < -0.39 is 22.7 Å². The molecule has 2 heterocycles. The van der Waals surface area contributed by atoms with Crippen LogP contribution >= 0.6 is 0 Å². The van der Waals surface area contributed by atoms with E-state index in [4.69, 9.17) is 14.6 Å². The van der Waals surface area contributed by atoms with Gasteiger partial charge >= 0.3 is 5.97 Å². The first kappa shape index (κ1) is 16.0. The molecule has 9 heteroatoms. The number of nitro benzene ring substituents is 1. The summed E-state index contributed by atoms with van der Waals surface area (Å²) in [5.41, 5.74) is -0.489. The van der Waals surface area contributed by atoms with Gasteiger partial charge in [-0.1, -0.05) is 0 Å². The highest BCUT2D eigenvalue weighted by atomic mass is 16.6. The quantitative estimate of drug-likeness (QED) is 0.652. The monoisotopic (exact) mass is 336 g/mol. The zero-order valence-electron chi connectivity index (χ0n) is 12.8. The van der Waals surface area contributed by atoms with Crippen LogP contribution in [0.15, 0.2) is 12.1 Å². The number of aliphatic carboxylic acids is 1. The van der Waals surface area contributed by atoms with Gasteiger partial charge in [0.15, 0.2) is 11.5 Å². The lowest BCUT2D eigenvalue weighted by Crippen LogP contribution is -2.42. The average Bonchev–Trinajstić information content (AvgIpc) is 2.60. The van der Waals surface area contributed by atoms with Gasteiger partial charge in [-0.3, -0.25) is 19.7 Å². The van der Waals surface area contributed by atoms with E-state index in [-0.39, 0.29) is 35.9 Å². The van der Waals surface area contributed by atoms with Crippen molar-refractivity contribution in [3.8, 4) is 11.5 Å². The smallest absolute Gasteiger partial charge is 0.308 e. The van der Waals surface area contributed by atoms with Crippen molar-refractivity contribution in [2.45, 2.75) is 12.8 Å². The summed E-state index contributed by atoms with van der Waals surface area (Å²) in [5, 5.41) is 20.4. The Hall–Kier alpha value is -2.84. The Labute approximate surface area is 136 Å². The van der Waals surface area contributed by atoms with Gasteiger partial charge in [0.1, 0.15) is 18.8 Å². The third kappa shape index (κ3) is 2.97. The molecule has 0 bridgehead atoms. The summed E-state index contributed by atoms with van der Waals surface area (Å²) in [6.07, 6.45) is 1.03. The Morgan fingerprint density at radius 1 is 1.25 bits per heavy atom. The number of carboxylic acid groups (broad SMARTS) is 1. The highest BCUT2D eigenvalue weighted by molar-refractivity contribution is 5.99. The van der Waals surface area contributed by atoms with Crippen LogP contribution in [0.4, 0.5) is 5.69 Å². The molecular weight excluding hydrogens is 320 g/mol. The molecule has 1 atom stereocenters. The molecule has 2 aliphatic rings. The molecule has 24 heavy (non-hydrogen) atoms. The summed E-state index contributed by atoms with van der Waals surface area (Å²) in [5.74, 6) is -1.68. The molecule has 0 aromatic heterocycles. The predicted molar refractivity (Wildman–Crippen MR) is 80.3 cm³/mol. The second kappa shape index (κ2) is 6.34. The number of hydrogen-bond donors (Lipinski definition) is 1. The molecule has 0 saturated carbocycles. The predicted octanol–water partition coefficient (Wildman–Crippen LogP) is 1.30. The van der Waals surface area contributed by atoms with Gasteiger partial charge in [0.25, 0.3) is 11.6 Å². The largest absolute Gasteiger partial charge is 0.486 e. The van der Waals surface area contributed by atoms with Crippen molar-refractivity contribution in [1.82, 2.24) is 4.90 Å². The molecule has 0 radical (unpaired) electrons. The summed E-state index contributed by atoms with van der Waals surface area (Å²) >= 11 is 0. The minimum Gasteiger partial charge on any atom is -0.486 e. The zero-order valence-corrected chi connectivity index (χ0v) is 12.8. The number of carboxylic acids is 1. The Balaban J connectivity index is 1.93. The maximum absolute atomic E-state index is 12.7. The van der Waals surface area contributed by atoms with Gasteiger partial charge in [-0.05, 0) is 12.8 Å². The van der Waals surface area contributed by atoms with E-state index in [9.17, 15) is 19.7 Å². The molecule has 1 fully saturated rings. The summed E-state index contributed by atoms with van der Waals surface area (Å²) < 4.78 is 10.7. The first-order valence-corrected chi connectivity index (χ1v) is 7.57. The fourth-order valence-electron chi connectivity index (χ4n) is 2.93. The van der Waals surface area contributed by atoms with Crippen molar-refractivity contribution < 1.29 is 29.1 Å². The minimum atomic E-state index is -0.968. The molecule has 1 aromatic carbocycles. The van der Waals surface area contributed by atoms with Gasteiger partial charge in [0.2, 0.25) is 0 Å². The zero-order chi connectivity index (χ0) is 17.3. The number of amides is 1. The van der Waals surface area contributed by atoms with E-state index in [1.807, 2.05) is 0 Å². The van der Waals surface area contributed by atoms with E-state index in [0.29, 0.717) is 26.0 Å². The van der Waals surface area contributed by atoms with E-state index >= 15 is 0 Å². The van der Waals surface area contributed by atoms with Gasteiger partial charge in [0.05, 0.1) is 16.9 Å².